The lowest BCUT2D eigenvalue weighted by atomic mass is 9.89. The second-order valence-electron chi connectivity index (χ2n) is 7.59. The third-order valence-corrected chi connectivity index (χ3v) is 5.57. The van der Waals surface area contributed by atoms with Crippen molar-refractivity contribution in [2.45, 2.75) is 32.9 Å². The normalized spacial score (nSPS) is 17.5. The van der Waals surface area contributed by atoms with Crippen molar-refractivity contribution in [1.82, 2.24) is 14.7 Å². The first kappa shape index (κ1) is 18.6. The van der Waals surface area contributed by atoms with E-state index in [0.29, 0.717) is 0 Å². The monoisotopic (exact) mass is 373 g/mol. The standard InChI is InChI=1S/C24H27N3O/c1-2-27-17-19(15-25-27)16-26-14-6-9-23(18-26)24(28)22-12-10-21(11-13-22)20-7-4-3-5-8-20/h3-5,7-8,10-13,15,17,23H,2,6,9,14,16,18H2,1H3. The molecule has 1 aliphatic heterocycles. The maximum absolute atomic E-state index is 13.1. The van der Waals surface area contributed by atoms with E-state index in [1.807, 2.05) is 41.2 Å². The largest absolute Gasteiger partial charge is 0.298 e. The van der Waals surface area contributed by atoms with Crippen LogP contribution in [0.2, 0.25) is 0 Å². The van der Waals surface area contributed by atoms with Gasteiger partial charge in [-0.25, -0.2) is 0 Å². The molecule has 4 rings (SSSR count). The van der Waals surface area contributed by atoms with Gasteiger partial charge < -0.3 is 0 Å². The van der Waals surface area contributed by atoms with Crippen LogP contribution in [0.3, 0.4) is 0 Å². The van der Waals surface area contributed by atoms with Crippen LogP contribution in [0.15, 0.2) is 67.0 Å². The van der Waals surface area contributed by atoms with Gasteiger partial charge in [-0.3, -0.25) is 14.4 Å². The van der Waals surface area contributed by atoms with Crippen LogP contribution in [0.25, 0.3) is 11.1 Å². The summed E-state index contributed by atoms with van der Waals surface area (Å²) in [7, 11) is 0. The minimum atomic E-state index is 0.0811. The molecule has 1 atom stereocenters. The summed E-state index contributed by atoms with van der Waals surface area (Å²) in [6, 6.07) is 18.4. The highest BCUT2D eigenvalue weighted by molar-refractivity contribution is 5.98. The number of hydrogen-bond donors (Lipinski definition) is 0. The van der Waals surface area contributed by atoms with E-state index in [1.165, 1.54) is 11.1 Å². The number of aromatic nitrogens is 2. The second-order valence-corrected chi connectivity index (χ2v) is 7.59. The topological polar surface area (TPSA) is 38.1 Å². The van der Waals surface area contributed by atoms with Gasteiger partial charge in [0.2, 0.25) is 0 Å². The fourth-order valence-electron chi connectivity index (χ4n) is 4.03. The number of carbonyl (C=O) groups excluding carboxylic acids is 1. The maximum Gasteiger partial charge on any atom is 0.167 e. The van der Waals surface area contributed by atoms with E-state index < -0.39 is 0 Å². The number of piperidine rings is 1. The van der Waals surface area contributed by atoms with Crippen LogP contribution in [0.1, 0.15) is 35.7 Å². The van der Waals surface area contributed by atoms with Gasteiger partial charge in [-0.1, -0.05) is 54.6 Å². The molecule has 1 aromatic heterocycles. The van der Waals surface area contributed by atoms with E-state index in [-0.39, 0.29) is 11.7 Å². The Morgan fingerprint density at radius 1 is 1.07 bits per heavy atom. The van der Waals surface area contributed by atoms with E-state index in [1.54, 1.807) is 0 Å². The zero-order chi connectivity index (χ0) is 19.3. The van der Waals surface area contributed by atoms with E-state index in [0.717, 1.165) is 50.1 Å². The number of benzene rings is 2. The number of ketones is 1. The minimum Gasteiger partial charge on any atom is -0.298 e. The summed E-state index contributed by atoms with van der Waals surface area (Å²) < 4.78 is 1.95. The molecular weight excluding hydrogens is 346 g/mol. The van der Waals surface area contributed by atoms with Gasteiger partial charge in [0.1, 0.15) is 0 Å². The van der Waals surface area contributed by atoms with Gasteiger partial charge in [0, 0.05) is 42.9 Å². The lowest BCUT2D eigenvalue weighted by molar-refractivity contribution is 0.0811. The molecule has 1 fully saturated rings. The van der Waals surface area contributed by atoms with E-state index >= 15 is 0 Å². The lowest BCUT2D eigenvalue weighted by Gasteiger charge is -2.31. The molecule has 0 amide bonds. The van der Waals surface area contributed by atoms with Crippen molar-refractivity contribution in [2.24, 2.45) is 5.92 Å². The molecule has 0 saturated carbocycles. The van der Waals surface area contributed by atoms with Gasteiger partial charge in [-0.15, -0.1) is 0 Å². The highest BCUT2D eigenvalue weighted by Gasteiger charge is 2.26. The van der Waals surface area contributed by atoms with Crippen molar-refractivity contribution >= 4 is 5.78 Å². The van der Waals surface area contributed by atoms with Crippen LogP contribution in [0, 0.1) is 5.92 Å². The van der Waals surface area contributed by atoms with Gasteiger partial charge in [0.15, 0.2) is 5.78 Å². The summed E-state index contributed by atoms with van der Waals surface area (Å²) in [6.07, 6.45) is 6.09. The smallest absolute Gasteiger partial charge is 0.167 e. The van der Waals surface area contributed by atoms with Gasteiger partial charge in [0.05, 0.1) is 6.20 Å². The van der Waals surface area contributed by atoms with Crippen LogP contribution in [-0.4, -0.2) is 33.6 Å². The molecule has 144 valence electrons. The summed E-state index contributed by atoms with van der Waals surface area (Å²) in [5.41, 5.74) is 4.38. The van der Waals surface area contributed by atoms with Crippen molar-refractivity contribution in [2.75, 3.05) is 13.1 Å². The van der Waals surface area contributed by atoms with Crippen molar-refractivity contribution in [1.29, 1.82) is 0 Å². The van der Waals surface area contributed by atoms with E-state index in [4.69, 9.17) is 0 Å². The Kier molecular flexibility index (Phi) is 5.68. The molecule has 1 saturated heterocycles. The molecule has 0 aliphatic carbocycles. The molecule has 0 bridgehead atoms. The Balaban J connectivity index is 1.41. The SMILES string of the molecule is CCn1cc(CN2CCCC(C(=O)c3ccc(-c4ccccc4)cc3)C2)cn1. The predicted molar refractivity (Wildman–Crippen MR) is 112 cm³/mol. The number of aryl methyl sites for hydroxylation is 1. The Labute approximate surface area is 166 Å². The second kappa shape index (κ2) is 8.53. The number of rotatable bonds is 6. The number of Topliss-reactive ketones (excluding diaryl/α,β-unsaturated/α-hetero) is 1. The fourth-order valence-corrected chi connectivity index (χ4v) is 4.03. The number of hydrogen-bond acceptors (Lipinski definition) is 3. The van der Waals surface area contributed by atoms with Crippen LogP contribution in [0.5, 0.6) is 0 Å². The quantitative estimate of drug-likeness (QED) is 0.590. The van der Waals surface area contributed by atoms with Gasteiger partial charge in [-0.05, 0) is 37.4 Å². The first-order chi connectivity index (χ1) is 13.7. The lowest BCUT2D eigenvalue weighted by Crippen LogP contribution is -2.38. The first-order valence-electron chi connectivity index (χ1n) is 10.2. The van der Waals surface area contributed by atoms with Gasteiger partial charge >= 0.3 is 0 Å². The zero-order valence-electron chi connectivity index (χ0n) is 16.4. The van der Waals surface area contributed by atoms with Crippen LogP contribution < -0.4 is 0 Å². The number of carbonyl (C=O) groups is 1. The predicted octanol–water partition coefficient (Wildman–Crippen LogP) is 4.66. The highest BCUT2D eigenvalue weighted by atomic mass is 16.1. The highest BCUT2D eigenvalue weighted by Crippen LogP contribution is 2.24. The molecule has 0 spiro atoms. The Morgan fingerprint density at radius 3 is 2.54 bits per heavy atom. The Morgan fingerprint density at radius 2 is 1.82 bits per heavy atom. The Bertz CT molecular complexity index is 915. The van der Waals surface area contributed by atoms with E-state index in [9.17, 15) is 4.79 Å². The molecule has 4 heteroatoms. The molecule has 4 nitrogen and oxygen atoms in total. The summed E-state index contributed by atoms with van der Waals surface area (Å²) in [6.45, 7) is 5.73. The molecule has 1 aliphatic rings. The third kappa shape index (κ3) is 4.23. The minimum absolute atomic E-state index is 0.0811. The molecule has 28 heavy (non-hydrogen) atoms. The molecule has 2 heterocycles. The average molecular weight is 374 g/mol. The summed E-state index contributed by atoms with van der Waals surface area (Å²) >= 11 is 0. The molecule has 3 aromatic rings. The molecule has 1 unspecified atom stereocenters. The van der Waals surface area contributed by atoms with Crippen LogP contribution >= 0.6 is 0 Å². The number of likely N-dealkylation sites (tertiary alicyclic amines) is 1. The fraction of sp³-hybridized carbons (Fsp3) is 0.333. The first-order valence-corrected chi connectivity index (χ1v) is 10.2. The summed E-state index contributed by atoms with van der Waals surface area (Å²) in [5, 5.41) is 4.36. The summed E-state index contributed by atoms with van der Waals surface area (Å²) in [5.74, 6) is 0.353. The Hall–Kier alpha value is -2.72. The number of nitrogens with zero attached hydrogens (tertiary/aromatic N) is 3. The van der Waals surface area contributed by atoms with Crippen LogP contribution in [0.4, 0.5) is 0 Å². The third-order valence-electron chi connectivity index (χ3n) is 5.57. The van der Waals surface area contributed by atoms with Gasteiger partial charge in [0.25, 0.3) is 0 Å². The van der Waals surface area contributed by atoms with Gasteiger partial charge in [-0.2, -0.15) is 5.10 Å². The van der Waals surface area contributed by atoms with Crippen molar-refractivity contribution in [3.8, 4) is 11.1 Å². The molecule has 0 radical (unpaired) electrons. The van der Waals surface area contributed by atoms with Crippen molar-refractivity contribution in [3.05, 3.63) is 78.1 Å². The maximum atomic E-state index is 13.1. The molecular formula is C24H27N3O. The average Bonchev–Trinajstić information content (AvgIpc) is 3.22. The zero-order valence-corrected chi connectivity index (χ0v) is 16.4. The van der Waals surface area contributed by atoms with Crippen LogP contribution in [-0.2, 0) is 13.1 Å². The summed E-state index contributed by atoms with van der Waals surface area (Å²) in [4.78, 5) is 15.4. The molecule has 2 aromatic carbocycles. The molecule has 0 N–H and O–H groups in total. The van der Waals surface area contributed by atoms with Crippen molar-refractivity contribution < 1.29 is 4.79 Å². The van der Waals surface area contributed by atoms with Crippen molar-refractivity contribution in [3.63, 3.8) is 0 Å². The van der Waals surface area contributed by atoms with E-state index in [2.05, 4.69) is 47.4 Å².